The molecule has 2 rings (SSSR count). The predicted molar refractivity (Wildman–Crippen MR) is 106 cm³/mol. The minimum atomic E-state index is -1.58. The number of urea groups is 1. The predicted octanol–water partition coefficient (Wildman–Crippen LogP) is -0.840. The molecule has 2 heterocycles. The summed E-state index contributed by atoms with van der Waals surface area (Å²) in [6.45, 7) is 0. The lowest BCUT2D eigenvalue weighted by Gasteiger charge is -2.14. The first-order valence-electron chi connectivity index (χ1n) is 8.62. The SMILES string of the molecule is Nc1nc(N)c(NC(=O)Nc2cnc(C(=O)NC(CCC(=O)O)C(=O)O)c(F)c2)c(=O)[nH]1. The number of aromatic amines is 1. The van der Waals surface area contributed by atoms with Crippen LogP contribution in [0.4, 0.5) is 32.3 Å². The molecule has 0 aliphatic heterocycles. The summed E-state index contributed by atoms with van der Waals surface area (Å²) in [5.74, 6) is -5.85. The minimum absolute atomic E-state index is 0.226. The van der Waals surface area contributed by atoms with Gasteiger partial charge in [0, 0.05) is 12.5 Å². The summed E-state index contributed by atoms with van der Waals surface area (Å²) in [5, 5.41) is 23.9. The van der Waals surface area contributed by atoms with Gasteiger partial charge in [0.2, 0.25) is 5.95 Å². The highest BCUT2D eigenvalue weighted by atomic mass is 19.1. The van der Waals surface area contributed by atoms with E-state index in [1.54, 1.807) is 0 Å². The van der Waals surface area contributed by atoms with Gasteiger partial charge in [-0.05, 0) is 6.42 Å². The number of halogens is 1. The van der Waals surface area contributed by atoms with Crippen LogP contribution in [0.5, 0.6) is 0 Å². The molecule has 32 heavy (non-hydrogen) atoms. The van der Waals surface area contributed by atoms with E-state index in [-0.39, 0.29) is 17.5 Å². The van der Waals surface area contributed by atoms with Crippen molar-refractivity contribution in [3.63, 3.8) is 0 Å². The second kappa shape index (κ2) is 9.83. The molecular weight excluding hydrogens is 435 g/mol. The largest absolute Gasteiger partial charge is 0.481 e. The van der Waals surface area contributed by atoms with Crippen LogP contribution in [0.15, 0.2) is 17.1 Å². The summed E-state index contributed by atoms with van der Waals surface area (Å²) < 4.78 is 14.3. The number of carboxylic acids is 2. The van der Waals surface area contributed by atoms with Crippen LogP contribution >= 0.6 is 0 Å². The maximum absolute atomic E-state index is 14.3. The molecule has 0 saturated heterocycles. The van der Waals surface area contributed by atoms with E-state index in [0.717, 1.165) is 6.20 Å². The fraction of sp³-hybridized carbons (Fsp3) is 0.188. The zero-order valence-electron chi connectivity index (χ0n) is 16.0. The van der Waals surface area contributed by atoms with Crippen LogP contribution in [0, 0.1) is 5.82 Å². The summed E-state index contributed by atoms with van der Waals surface area (Å²) >= 11 is 0. The summed E-state index contributed by atoms with van der Waals surface area (Å²) in [6, 6.07) is -1.89. The van der Waals surface area contributed by atoms with Crippen LogP contribution in [0.25, 0.3) is 0 Å². The third-order valence-corrected chi connectivity index (χ3v) is 3.77. The molecule has 0 aliphatic carbocycles. The van der Waals surface area contributed by atoms with Gasteiger partial charge in [-0.2, -0.15) is 4.98 Å². The third kappa shape index (κ3) is 6.12. The van der Waals surface area contributed by atoms with Crippen molar-refractivity contribution in [2.24, 2.45) is 0 Å². The molecule has 170 valence electrons. The monoisotopic (exact) mass is 452 g/mol. The van der Waals surface area contributed by atoms with E-state index in [1.165, 1.54) is 0 Å². The van der Waals surface area contributed by atoms with E-state index in [9.17, 15) is 28.4 Å². The molecular formula is C16H17FN8O7. The van der Waals surface area contributed by atoms with E-state index < -0.39 is 65.5 Å². The fourth-order valence-electron chi connectivity index (χ4n) is 2.33. The number of aliphatic carboxylic acids is 2. The van der Waals surface area contributed by atoms with Crippen LogP contribution in [-0.2, 0) is 9.59 Å². The maximum atomic E-state index is 14.3. The molecule has 0 fully saturated rings. The lowest BCUT2D eigenvalue weighted by Crippen LogP contribution is -2.41. The molecule has 16 heteroatoms. The number of H-pyrrole nitrogens is 1. The van der Waals surface area contributed by atoms with Crippen molar-refractivity contribution in [1.29, 1.82) is 0 Å². The Hall–Kier alpha value is -4.76. The van der Waals surface area contributed by atoms with Crippen molar-refractivity contribution >= 4 is 47.0 Å². The molecule has 0 bridgehead atoms. The van der Waals surface area contributed by atoms with Crippen molar-refractivity contribution in [1.82, 2.24) is 20.3 Å². The number of hydrogen-bond acceptors (Lipinski definition) is 9. The molecule has 0 radical (unpaired) electrons. The quantitative estimate of drug-likeness (QED) is 0.245. The van der Waals surface area contributed by atoms with E-state index in [0.29, 0.717) is 6.07 Å². The lowest BCUT2D eigenvalue weighted by atomic mass is 10.1. The van der Waals surface area contributed by atoms with Crippen LogP contribution in [0.3, 0.4) is 0 Å². The Balaban J connectivity index is 2.08. The number of nitrogens with two attached hydrogens (primary N) is 2. The summed E-state index contributed by atoms with van der Waals surface area (Å²) in [6.07, 6.45) is -0.0818. The number of carbonyl (C=O) groups is 4. The number of rotatable bonds is 8. The Kier molecular flexibility index (Phi) is 7.22. The molecule has 0 aliphatic rings. The van der Waals surface area contributed by atoms with Crippen molar-refractivity contribution in [3.05, 3.63) is 34.1 Å². The van der Waals surface area contributed by atoms with E-state index in [2.05, 4.69) is 25.6 Å². The van der Waals surface area contributed by atoms with Gasteiger partial charge in [0.1, 0.15) is 6.04 Å². The summed E-state index contributed by atoms with van der Waals surface area (Å²) in [5.41, 5.74) is 8.53. The topological polar surface area (TPSA) is 256 Å². The minimum Gasteiger partial charge on any atom is -0.481 e. The number of carbonyl (C=O) groups excluding carboxylic acids is 2. The number of anilines is 4. The van der Waals surface area contributed by atoms with Gasteiger partial charge < -0.3 is 32.3 Å². The number of hydrogen-bond donors (Lipinski definition) is 8. The van der Waals surface area contributed by atoms with Crippen LogP contribution in [-0.4, -0.2) is 55.1 Å². The van der Waals surface area contributed by atoms with Gasteiger partial charge in [0.15, 0.2) is 23.0 Å². The molecule has 0 saturated carbocycles. The van der Waals surface area contributed by atoms with Crippen LogP contribution in [0.1, 0.15) is 23.3 Å². The molecule has 0 spiro atoms. The third-order valence-electron chi connectivity index (χ3n) is 3.77. The fourth-order valence-corrected chi connectivity index (χ4v) is 2.33. The Bertz CT molecular complexity index is 1140. The molecule has 2 aromatic rings. The first kappa shape index (κ1) is 23.5. The molecule has 3 amide bonds. The number of nitrogens with one attached hydrogen (secondary N) is 4. The van der Waals surface area contributed by atoms with Crippen molar-refractivity contribution in [3.8, 4) is 0 Å². The Morgan fingerprint density at radius 2 is 1.88 bits per heavy atom. The second-order valence-corrected chi connectivity index (χ2v) is 6.14. The number of nitrogens with zero attached hydrogens (tertiary/aromatic N) is 2. The molecule has 2 aromatic heterocycles. The molecule has 0 aromatic carbocycles. The first-order chi connectivity index (χ1) is 15.0. The van der Waals surface area contributed by atoms with Gasteiger partial charge in [0.05, 0.1) is 11.9 Å². The van der Waals surface area contributed by atoms with Crippen molar-refractivity contribution in [2.75, 3.05) is 22.1 Å². The molecule has 1 unspecified atom stereocenters. The van der Waals surface area contributed by atoms with E-state index in [4.69, 9.17) is 21.7 Å². The first-order valence-corrected chi connectivity index (χ1v) is 8.62. The summed E-state index contributed by atoms with van der Waals surface area (Å²) in [4.78, 5) is 66.8. The average Bonchev–Trinajstić information content (AvgIpc) is 2.67. The van der Waals surface area contributed by atoms with Gasteiger partial charge in [-0.1, -0.05) is 0 Å². The standard InChI is InChI=1S/C16H17FN8O7/c17-6-3-5(21-16(32)23-10-11(18)24-15(19)25-13(10)29)4-20-9(6)12(28)22-7(14(30)31)1-2-8(26)27/h3-4,7H,1-2H2,(H,22,28)(H,26,27)(H,30,31)(H2,21,23,32)(H5,18,19,24,25,29). The molecule has 1 atom stereocenters. The maximum Gasteiger partial charge on any atom is 0.326 e. The highest BCUT2D eigenvalue weighted by Gasteiger charge is 2.24. The van der Waals surface area contributed by atoms with Gasteiger partial charge >= 0.3 is 18.0 Å². The van der Waals surface area contributed by atoms with Crippen LogP contribution < -0.4 is 33.0 Å². The number of nitrogen functional groups attached to an aromatic ring is 2. The van der Waals surface area contributed by atoms with E-state index >= 15 is 0 Å². The normalized spacial score (nSPS) is 11.3. The lowest BCUT2D eigenvalue weighted by molar-refractivity contribution is -0.140. The second-order valence-electron chi connectivity index (χ2n) is 6.14. The number of amides is 3. The zero-order chi connectivity index (χ0) is 24.0. The van der Waals surface area contributed by atoms with Gasteiger partial charge in [-0.25, -0.2) is 19.0 Å². The Morgan fingerprint density at radius 1 is 1.19 bits per heavy atom. The average molecular weight is 452 g/mol. The van der Waals surface area contributed by atoms with Crippen molar-refractivity contribution in [2.45, 2.75) is 18.9 Å². The van der Waals surface area contributed by atoms with E-state index in [1.807, 2.05) is 5.32 Å². The number of pyridine rings is 1. The van der Waals surface area contributed by atoms with Crippen molar-refractivity contribution < 1.29 is 33.8 Å². The zero-order valence-corrected chi connectivity index (χ0v) is 16.0. The van der Waals surface area contributed by atoms with Gasteiger partial charge in [-0.15, -0.1) is 0 Å². The smallest absolute Gasteiger partial charge is 0.326 e. The Morgan fingerprint density at radius 3 is 2.44 bits per heavy atom. The molecule has 10 N–H and O–H groups in total. The highest BCUT2D eigenvalue weighted by molar-refractivity contribution is 6.01. The summed E-state index contributed by atoms with van der Waals surface area (Å²) in [7, 11) is 0. The van der Waals surface area contributed by atoms with Gasteiger partial charge in [-0.3, -0.25) is 24.7 Å². The molecule has 15 nitrogen and oxygen atoms in total. The van der Waals surface area contributed by atoms with Gasteiger partial charge in [0.25, 0.3) is 11.5 Å². The number of aromatic nitrogens is 3. The number of carboxylic acid groups (broad SMARTS) is 2. The highest BCUT2D eigenvalue weighted by Crippen LogP contribution is 2.14. The Labute approximate surface area is 177 Å². The van der Waals surface area contributed by atoms with Crippen LogP contribution in [0.2, 0.25) is 0 Å².